The molecule has 0 bridgehead atoms. The number of benzene rings is 2. The fourth-order valence-electron chi connectivity index (χ4n) is 5.25. The summed E-state index contributed by atoms with van der Waals surface area (Å²) in [4.78, 5) is 4.86. The van der Waals surface area contributed by atoms with Crippen molar-refractivity contribution in [1.29, 1.82) is 0 Å². The first-order valence-corrected chi connectivity index (χ1v) is 10.7. The second kappa shape index (κ2) is 7.16. The summed E-state index contributed by atoms with van der Waals surface area (Å²) in [5.41, 5.74) is 6.21. The highest BCUT2D eigenvalue weighted by atomic mass is 15.4. The minimum absolute atomic E-state index is 0.0155. The second-order valence-corrected chi connectivity index (χ2v) is 8.37. The molecular weight excluding hydrogens is 340 g/mol. The molecule has 2 heteroatoms. The zero-order valence-corrected chi connectivity index (χ0v) is 16.9. The summed E-state index contributed by atoms with van der Waals surface area (Å²) in [6, 6.07) is 18.7. The Morgan fingerprint density at radius 2 is 1.61 bits per heavy atom. The molecule has 0 amide bonds. The number of rotatable bonds is 3. The Morgan fingerprint density at radius 3 is 2.36 bits per heavy atom. The van der Waals surface area contributed by atoms with Crippen molar-refractivity contribution in [3.05, 3.63) is 89.3 Å². The zero-order valence-electron chi connectivity index (χ0n) is 17.9. The number of hydrogen-bond acceptors (Lipinski definition) is 2. The molecule has 0 saturated heterocycles. The van der Waals surface area contributed by atoms with Crippen molar-refractivity contribution < 1.29 is 1.37 Å². The molecule has 2 nitrogen and oxygen atoms in total. The SMILES string of the molecule is [2H]C1(C2CCCCC2)C=CC2=C(C)N(c3ccccc3C)C(c3ccccc3)N21. The largest absolute Gasteiger partial charge is 0.339 e. The summed E-state index contributed by atoms with van der Waals surface area (Å²) < 4.78 is 9.66. The Bertz CT molecular complexity index is 958. The van der Waals surface area contributed by atoms with E-state index >= 15 is 0 Å². The van der Waals surface area contributed by atoms with Gasteiger partial charge in [-0.05, 0) is 55.9 Å². The lowest BCUT2D eigenvalue weighted by Gasteiger charge is -2.41. The molecule has 1 saturated carbocycles. The molecule has 2 aromatic rings. The predicted octanol–water partition coefficient (Wildman–Crippen LogP) is 6.57. The van der Waals surface area contributed by atoms with Crippen molar-refractivity contribution >= 4 is 5.69 Å². The van der Waals surface area contributed by atoms with Gasteiger partial charge in [-0.3, -0.25) is 0 Å². The highest BCUT2D eigenvalue weighted by Gasteiger charge is 2.45. The van der Waals surface area contributed by atoms with Crippen LogP contribution in [0.15, 0.2) is 78.1 Å². The summed E-state index contributed by atoms with van der Waals surface area (Å²) in [7, 11) is 0. The smallest absolute Gasteiger partial charge is 0.133 e. The Hall–Kier alpha value is -2.48. The van der Waals surface area contributed by atoms with Gasteiger partial charge in [0.25, 0.3) is 0 Å². The molecule has 2 atom stereocenters. The maximum absolute atomic E-state index is 9.66. The van der Waals surface area contributed by atoms with Crippen molar-refractivity contribution in [1.82, 2.24) is 4.90 Å². The van der Waals surface area contributed by atoms with E-state index in [1.165, 1.54) is 47.5 Å². The summed E-state index contributed by atoms with van der Waals surface area (Å²) in [6.07, 6.45) is 10.5. The van der Waals surface area contributed by atoms with Gasteiger partial charge in [0.2, 0.25) is 0 Å². The molecule has 144 valence electrons. The van der Waals surface area contributed by atoms with E-state index in [1.807, 2.05) is 0 Å². The number of nitrogens with zero attached hydrogens (tertiary/aromatic N) is 2. The third kappa shape index (κ3) is 2.78. The Morgan fingerprint density at radius 1 is 0.893 bits per heavy atom. The first-order chi connectivity index (χ1) is 14.1. The minimum Gasteiger partial charge on any atom is -0.339 e. The zero-order chi connectivity index (χ0) is 20.0. The average Bonchev–Trinajstić information content (AvgIpc) is 3.26. The lowest BCUT2D eigenvalue weighted by molar-refractivity contribution is 0.169. The Balaban J connectivity index is 1.66. The summed E-state index contributed by atoms with van der Waals surface area (Å²) in [5, 5.41) is 0. The summed E-state index contributed by atoms with van der Waals surface area (Å²) >= 11 is 0. The van der Waals surface area contributed by atoms with Crippen LogP contribution < -0.4 is 4.90 Å². The molecule has 2 aliphatic heterocycles. The van der Waals surface area contributed by atoms with Gasteiger partial charge in [-0.2, -0.15) is 0 Å². The minimum atomic E-state index is -0.672. The van der Waals surface area contributed by atoms with Crippen LogP contribution in [0.5, 0.6) is 0 Å². The van der Waals surface area contributed by atoms with Crippen molar-refractivity contribution in [2.24, 2.45) is 5.92 Å². The van der Waals surface area contributed by atoms with Gasteiger partial charge in [-0.25, -0.2) is 0 Å². The van der Waals surface area contributed by atoms with Crippen molar-refractivity contribution in [3.63, 3.8) is 0 Å². The standard InChI is InChI=1S/C26H30N2/c1-19-11-9-10-16-23(19)27-20(2)24-17-18-25(21-12-5-3-6-13-21)28(24)26(27)22-14-7-4-8-15-22/h4,7-11,14-18,21,25-26H,3,5-6,12-13H2,1-2H3/i25D. The maximum atomic E-state index is 9.66. The quantitative estimate of drug-likeness (QED) is 0.602. The molecule has 2 heterocycles. The number of para-hydroxylation sites is 1. The molecule has 0 aromatic heterocycles. The molecule has 2 aromatic carbocycles. The van der Waals surface area contributed by atoms with E-state index in [-0.39, 0.29) is 6.17 Å². The van der Waals surface area contributed by atoms with E-state index in [2.05, 4.69) is 90.4 Å². The number of anilines is 1. The topological polar surface area (TPSA) is 6.48 Å². The van der Waals surface area contributed by atoms with Gasteiger partial charge in [-0.15, -0.1) is 0 Å². The van der Waals surface area contributed by atoms with E-state index in [0.717, 1.165) is 12.8 Å². The third-order valence-corrected chi connectivity index (χ3v) is 6.67. The van der Waals surface area contributed by atoms with E-state index < -0.39 is 6.02 Å². The molecule has 28 heavy (non-hydrogen) atoms. The van der Waals surface area contributed by atoms with Gasteiger partial charge in [0.1, 0.15) is 6.17 Å². The monoisotopic (exact) mass is 371 g/mol. The number of allylic oxidation sites excluding steroid dienone is 2. The van der Waals surface area contributed by atoms with Crippen LogP contribution >= 0.6 is 0 Å². The van der Waals surface area contributed by atoms with Gasteiger partial charge in [0.15, 0.2) is 0 Å². The van der Waals surface area contributed by atoms with Gasteiger partial charge >= 0.3 is 0 Å². The van der Waals surface area contributed by atoms with Gasteiger partial charge in [-0.1, -0.05) is 73.9 Å². The van der Waals surface area contributed by atoms with Crippen LogP contribution in [0.1, 0.15) is 57.7 Å². The fourth-order valence-corrected chi connectivity index (χ4v) is 5.25. The first kappa shape index (κ1) is 16.5. The van der Waals surface area contributed by atoms with Gasteiger partial charge < -0.3 is 9.80 Å². The number of aryl methyl sites for hydroxylation is 1. The number of fused-ring (bicyclic) bond motifs is 1. The van der Waals surface area contributed by atoms with Crippen LogP contribution in [0, 0.1) is 12.8 Å². The summed E-state index contributed by atoms with van der Waals surface area (Å²) in [5.74, 6) is 0.390. The van der Waals surface area contributed by atoms with Crippen LogP contribution in [0.4, 0.5) is 5.69 Å². The Kier molecular flexibility index (Phi) is 4.21. The lowest BCUT2D eigenvalue weighted by atomic mass is 9.83. The van der Waals surface area contributed by atoms with E-state index in [0.29, 0.717) is 5.92 Å². The second-order valence-electron chi connectivity index (χ2n) is 8.37. The van der Waals surface area contributed by atoms with E-state index in [1.54, 1.807) is 0 Å². The van der Waals surface area contributed by atoms with Crippen LogP contribution in [0.25, 0.3) is 0 Å². The fraction of sp³-hybridized carbons (Fsp3) is 0.385. The number of hydrogen-bond donors (Lipinski definition) is 0. The molecule has 2 unspecified atom stereocenters. The van der Waals surface area contributed by atoms with E-state index in [9.17, 15) is 1.37 Å². The van der Waals surface area contributed by atoms with Crippen LogP contribution in [-0.2, 0) is 0 Å². The van der Waals surface area contributed by atoms with Crippen LogP contribution in [0.3, 0.4) is 0 Å². The molecule has 1 aliphatic carbocycles. The Labute approximate surface area is 170 Å². The van der Waals surface area contributed by atoms with Crippen molar-refractivity contribution in [3.8, 4) is 0 Å². The predicted molar refractivity (Wildman–Crippen MR) is 117 cm³/mol. The first-order valence-electron chi connectivity index (χ1n) is 11.2. The summed E-state index contributed by atoms with van der Waals surface area (Å²) in [6.45, 7) is 4.40. The molecule has 0 spiro atoms. The van der Waals surface area contributed by atoms with Gasteiger partial charge in [0.05, 0.1) is 13.1 Å². The molecule has 0 radical (unpaired) electrons. The normalized spacial score (nSPS) is 28.1. The van der Waals surface area contributed by atoms with Crippen molar-refractivity contribution in [2.75, 3.05) is 4.90 Å². The highest BCUT2D eigenvalue weighted by Crippen LogP contribution is 2.49. The van der Waals surface area contributed by atoms with Gasteiger partial charge in [0, 0.05) is 11.4 Å². The molecule has 1 fully saturated rings. The average molecular weight is 372 g/mol. The lowest BCUT2D eigenvalue weighted by Crippen LogP contribution is -2.41. The molecule has 3 aliphatic rings. The molecule has 5 rings (SSSR count). The molecule has 0 N–H and O–H groups in total. The molecular formula is C26H30N2. The third-order valence-electron chi connectivity index (χ3n) is 6.67. The van der Waals surface area contributed by atoms with E-state index in [4.69, 9.17) is 0 Å². The van der Waals surface area contributed by atoms with Crippen LogP contribution in [0.2, 0.25) is 0 Å². The van der Waals surface area contributed by atoms with Crippen LogP contribution in [-0.4, -0.2) is 10.9 Å². The maximum Gasteiger partial charge on any atom is 0.133 e. The highest BCUT2D eigenvalue weighted by molar-refractivity contribution is 5.63. The van der Waals surface area contributed by atoms with Crippen molar-refractivity contribution in [2.45, 2.75) is 58.1 Å².